The number of piperidine rings is 1. The predicted octanol–water partition coefficient (Wildman–Crippen LogP) is 2.84. The molecule has 2 aromatic rings. The molecule has 1 fully saturated rings. The van der Waals surface area contributed by atoms with Gasteiger partial charge in [0.1, 0.15) is 12.4 Å². The number of nitrogens with zero attached hydrogens (tertiary/aromatic N) is 2. The number of likely N-dealkylation sites (tertiary alicyclic amines) is 1. The summed E-state index contributed by atoms with van der Waals surface area (Å²) in [6.45, 7) is 3.77. The Labute approximate surface area is 138 Å². The second-order valence-electron chi connectivity index (χ2n) is 6.12. The maximum absolute atomic E-state index is 6.04. The highest BCUT2D eigenvalue weighted by atomic mass is 16.5. The van der Waals surface area contributed by atoms with E-state index in [4.69, 9.17) is 4.74 Å². The summed E-state index contributed by atoms with van der Waals surface area (Å²) in [5.74, 6) is 0.975. The summed E-state index contributed by atoms with van der Waals surface area (Å²) in [6, 6.07) is 12.9. The van der Waals surface area contributed by atoms with Crippen molar-refractivity contribution in [2.24, 2.45) is 0 Å². The Morgan fingerprint density at radius 2 is 2.17 bits per heavy atom. The molecule has 1 atom stereocenters. The molecule has 0 amide bonds. The summed E-state index contributed by atoms with van der Waals surface area (Å²) >= 11 is 0. The Hall–Kier alpha value is -1.91. The van der Waals surface area contributed by atoms with Crippen molar-refractivity contribution in [2.75, 3.05) is 20.1 Å². The van der Waals surface area contributed by atoms with E-state index in [9.17, 15) is 0 Å². The van der Waals surface area contributed by atoms with Crippen LogP contribution in [0.2, 0.25) is 0 Å². The Morgan fingerprint density at radius 1 is 1.26 bits per heavy atom. The number of likely N-dealkylation sites (N-methyl/N-ethyl adjacent to an activating group) is 1. The molecule has 0 bridgehead atoms. The van der Waals surface area contributed by atoms with Crippen LogP contribution in [0.4, 0.5) is 0 Å². The van der Waals surface area contributed by atoms with E-state index >= 15 is 0 Å². The molecule has 1 aromatic carbocycles. The molecule has 4 nitrogen and oxygen atoms in total. The van der Waals surface area contributed by atoms with Crippen molar-refractivity contribution in [1.29, 1.82) is 0 Å². The number of nitrogens with one attached hydrogen (secondary N) is 1. The first-order valence-electron chi connectivity index (χ1n) is 8.34. The summed E-state index contributed by atoms with van der Waals surface area (Å²) in [4.78, 5) is 6.65. The molecule has 122 valence electrons. The number of hydrogen-bond acceptors (Lipinski definition) is 4. The lowest BCUT2D eigenvalue weighted by Gasteiger charge is -2.32. The van der Waals surface area contributed by atoms with Gasteiger partial charge < -0.3 is 10.1 Å². The van der Waals surface area contributed by atoms with Gasteiger partial charge in [-0.2, -0.15) is 0 Å². The van der Waals surface area contributed by atoms with E-state index in [-0.39, 0.29) is 0 Å². The fourth-order valence-electron chi connectivity index (χ4n) is 3.10. The van der Waals surface area contributed by atoms with Crippen LogP contribution in [0.25, 0.3) is 0 Å². The number of para-hydroxylation sites is 1. The zero-order chi connectivity index (χ0) is 15.9. The molecule has 0 aliphatic carbocycles. The van der Waals surface area contributed by atoms with Crippen LogP contribution in [-0.2, 0) is 13.2 Å². The number of benzene rings is 1. The number of aromatic nitrogens is 1. The van der Waals surface area contributed by atoms with Gasteiger partial charge in [-0.05, 0) is 38.6 Å². The van der Waals surface area contributed by atoms with Gasteiger partial charge in [0.25, 0.3) is 0 Å². The fraction of sp³-hybridized carbons (Fsp3) is 0.421. The summed E-state index contributed by atoms with van der Waals surface area (Å²) in [7, 11) is 2.05. The summed E-state index contributed by atoms with van der Waals surface area (Å²) in [5.41, 5.74) is 2.35. The number of rotatable bonds is 6. The second kappa shape index (κ2) is 8.09. The van der Waals surface area contributed by atoms with Crippen LogP contribution in [0.5, 0.6) is 5.75 Å². The zero-order valence-corrected chi connectivity index (χ0v) is 13.7. The van der Waals surface area contributed by atoms with E-state index in [2.05, 4.69) is 40.4 Å². The molecule has 0 spiro atoms. The second-order valence-corrected chi connectivity index (χ2v) is 6.12. The lowest BCUT2D eigenvalue weighted by molar-refractivity contribution is 0.184. The van der Waals surface area contributed by atoms with Gasteiger partial charge in [0.15, 0.2) is 0 Å². The largest absolute Gasteiger partial charge is 0.489 e. The normalized spacial score (nSPS) is 18.7. The maximum Gasteiger partial charge on any atom is 0.124 e. The molecule has 1 N–H and O–H groups in total. The number of ether oxygens (including phenoxy) is 1. The van der Waals surface area contributed by atoms with Gasteiger partial charge in [0.05, 0.1) is 0 Å². The molecule has 0 radical (unpaired) electrons. The van der Waals surface area contributed by atoms with Crippen molar-refractivity contribution in [1.82, 2.24) is 15.2 Å². The smallest absolute Gasteiger partial charge is 0.124 e. The Balaban J connectivity index is 1.63. The topological polar surface area (TPSA) is 37.4 Å². The van der Waals surface area contributed by atoms with Crippen molar-refractivity contribution in [3.05, 3.63) is 59.9 Å². The Bertz CT molecular complexity index is 603. The van der Waals surface area contributed by atoms with Gasteiger partial charge in [0, 0.05) is 42.7 Å². The molecule has 1 aromatic heterocycles. The first-order chi connectivity index (χ1) is 11.3. The lowest BCUT2D eigenvalue weighted by atomic mass is 10.0. The minimum Gasteiger partial charge on any atom is -0.489 e. The third kappa shape index (κ3) is 4.53. The van der Waals surface area contributed by atoms with Crippen LogP contribution in [0, 0.1) is 0 Å². The van der Waals surface area contributed by atoms with E-state index < -0.39 is 0 Å². The zero-order valence-electron chi connectivity index (χ0n) is 13.7. The van der Waals surface area contributed by atoms with Crippen LogP contribution < -0.4 is 10.1 Å². The third-order valence-corrected chi connectivity index (χ3v) is 4.40. The molecule has 23 heavy (non-hydrogen) atoms. The summed E-state index contributed by atoms with van der Waals surface area (Å²) in [6.07, 6.45) is 6.16. The minimum atomic E-state index is 0.560. The van der Waals surface area contributed by atoms with Crippen LogP contribution in [0.1, 0.15) is 24.0 Å². The monoisotopic (exact) mass is 311 g/mol. The van der Waals surface area contributed by atoms with Crippen molar-refractivity contribution in [2.45, 2.75) is 32.0 Å². The van der Waals surface area contributed by atoms with Gasteiger partial charge in [-0.1, -0.05) is 24.3 Å². The van der Waals surface area contributed by atoms with Gasteiger partial charge in [-0.15, -0.1) is 0 Å². The number of pyridine rings is 1. The van der Waals surface area contributed by atoms with Gasteiger partial charge in [-0.25, -0.2) is 0 Å². The quantitative estimate of drug-likeness (QED) is 0.890. The van der Waals surface area contributed by atoms with Crippen LogP contribution in [0.15, 0.2) is 48.8 Å². The molecular weight excluding hydrogens is 286 g/mol. The predicted molar refractivity (Wildman–Crippen MR) is 92.4 cm³/mol. The Morgan fingerprint density at radius 3 is 3.00 bits per heavy atom. The number of hydrogen-bond donors (Lipinski definition) is 1. The standard InChI is InChI=1S/C19H25N3O/c1-20-18-8-5-11-22(14-18)13-17-7-2-3-9-19(17)23-15-16-6-4-10-21-12-16/h2-4,6-7,9-10,12,18,20H,5,8,11,13-15H2,1H3. The Kier molecular flexibility index (Phi) is 5.61. The summed E-state index contributed by atoms with van der Waals surface area (Å²) < 4.78 is 6.04. The maximum atomic E-state index is 6.04. The lowest BCUT2D eigenvalue weighted by Crippen LogP contribution is -2.43. The highest BCUT2D eigenvalue weighted by Gasteiger charge is 2.19. The first-order valence-corrected chi connectivity index (χ1v) is 8.34. The molecule has 1 aliphatic heterocycles. The van der Waals surface area contributed by atoms with E-state index in [0.29, 0.717) is 12.6 Å². The summed E-state index contributed by atoms with van der Waals surface area (Å²) in [5, 5.41) is 3.40. The average molecular weight is 311 g/mol. The molecular formula is C19H25N3O. The molecule has 2 heterocycles. The SMILES string of the molecule is CNC1CCCN(Cc2ccccc2OCc2cccnc2)C1. The van der Waals surface area contributed by atoms with E-state index in [1.165, 1.54) is 18.4 Å². The van der Waals surface area contributed by atoms with Crippen molar-refractivity contribution in [3.63, 3.8) is 0 Å². The molecule has 1 aliphatic rings. The highest BCUT2D eigenvalue weighted by Crippen LogP contribution is 2.22. The van der Waals surface area contributed by atoms with Crippen molar-refractivity contribution in [3.8, 4) is 5.75 Å². The minimum absolute atomic E-state index is 0.560. The van der Waals surface area contributed by atoms with Crippen LogP contribution in [0.3, 0.4) is 0 Å². The van der Waals surface area contributed by atoms with E-state index in [0.717, 1.165) is 30.9 Å². The molecule has 1 unspecified atom stereocenters. The van der Waals surface area contributed by atoms with Gasteiger partial charge in [0.2, 0.25) is 0 Å². The third-order valence-electron chi connectivity index (χ3n) is 4.40. The van der Waals surface area contributed by atoms with Crippen molar-refractivity contribution >= 4 is 0 Å². The molecule has 4 heteroatoms. The average Bonchev–Trinajstić information content (AvgIpc) is 2.62. The van der Waals surface area contributed by atoms with Gasteiger partial charge in [-0.3, -0.25) is 9.88 Å². The fourth-order valence-corrected chi connectivity index (χ4v) is 3.10. The highest BCUT2D eigenvalue weighted by molar-refractivity contribution is 5.33. The van der Waals surface area contributed by atoms with E-state index in [1.807, 2.05) is 24.4 Å². The van der Waals surface area contributed by atoms with E-state index in [1.54, 1.807) is 6.20 Å². The molecule has 3 rings (SSSR count). The van der Waals surface area contributed by atoms with Gasteiger partial charge >= 0.3 is 0 Å². The first kappa shape index (κ1) is 16.0. The van der Waals surface area contributed by atoms with Crippen molar-refractivity contribution < 1.29 is 4.74 Å². The van der Waals surface area contributed by atoms with Crippen LogP contribution >= 0.6 is 0 Å². The molecule has 1 saturated heterocycles. The van der Waals surface area contributed by atoms with Crippen LogP contribution in [-0.4, -0.2) is 36.1 Å². The molecule has 0 saturated carbocycles.